The molecule has 0 aliphatic heterocycles. The molecule has 2 aromatic heterocycles. The van der Waals surface area contributed by atoms with E-state index in [9.17, 15) is 18.0 Å². The second-order valence-corrected chi connectivity index (χ2v) is 10.8. The molecule has 0 spiro atoms. The van der Waals surface area contributed by atoms with Gasteiger partial charge in [-0.1, -0.05) is 53.5 Å². The van der Waals surface area contributed by atoms with E-state index < -0.39 is 17.7 Å². The van der Waals surface area contributed by atoms with E-state index in [4.69, 9.17) is 37.8 Å². The highest BCUT2D eigenvalue weighted by atomic mass is 35.5. The standard InChI is InChI=1S/C30H27Cl2N3O2.C2HF3O2/c1-5-37-30(28-17-33-18-34(28)3,20-9-12-22(31)13-10-20)21-11-14-27-25(15-21)24(16-29(36)35(27)4)23-7-6-8-26(32)19(23)2;3-2(4,5)1(6)7/h6-18H,5H2,1-4H3;(H,6,7). The van der Waals surface area contributed by atoms with Gasteiger partial charge in [0.1, 0.15) is 0 Å². The Bertz CT molecular complexity index is 1890. The van der Waals surface area contributed by atoms with Crippen LogP contribution in [0.3, 0.4) is 0 Å². The minimum absolute atomic E-state index is 0.0879. The van der Waals surface area contributed by atoms with Gasteiger partial charge in [0.25, 0.3) is 5.56 Å². The largest absolute Gasteiger partial charge is 0.490 e. The number of imidazole rings is 1. The molecule has 44 heavy (non-hydrogen) atoms. The zero-order chi connectivity index (χ0) is 32.4. The molecule has 0 fully saturated rings. The van der Waals surface area contributed by atoms with Crippen LogP contribution in [0.4, 0.5) is 13.2 Å². The Balaban J connectivity index is 0.000000566. The maximum atomic E-state index is 13.0. The number of aliphatic carboxylic acids is 1. The number of carboxylic acid groups (broad SMARTS) is 1. The predicted molar refractivity (Wildman–Crippen MR) is 164 cm³/mol. The van der Waals surface area contributed by atoms with Gasteiger partial charge in [-0.15, -0.1) is 0 Å². The Labute approximate surface area is 261 Å². The quantitative estimate of drug-likeness (QED) is 0.206. The second kappa shape index (κ2) is 12.9. The lowest BCUT2D eigenvalue weighted by molar-refractivity contribution is -0.192. The van der Waals surface area contributed by atoms with Gasteiger partial charge in [-0.2, -0.15) is 13.2 Å². The summed E-state index contributed by atoms with van der Waals surface area (Å²) in [5, 5.41) is 9.35. The number of alkyl halides is 3. The molecule has 0 amide bonds. The summed E-state index contributed by atoms with van der Waals surface area (Å²) in [6, 6.07) is 21.3. The number of hydrogen-bond acceptors (Lipinski definition) is 4. The van der Waals surface area contributed by atoms with E-state index in [2.05, 4.69) is 11.1 Å². The number of rotatable bonds is 6. The highest BCUT2D eigenvalue weighted by Gasteiger charge is 2.40. The third-order valence-corrected chi connectivity index (χ3v) is 7.90. The van der Waals surface area contributed by atoms with Gasteiger partial charge in [0.2, 0.25) is 0 Å². The molecule has 230 valence electrons. The zero-order valence-electron chi connectivity index (χ0n) is 24.1. The topological polar surface area (TPSA) is 86.4 Å². The molecule has 0 radical (unpaired) electrons. The predicted octanol–water partition coefficient (Wildman–Crippen LogP) is 7.52. The van der Waals surface area contributed by atoms with Crippen LogP contribution in [0.5, 0.6) is 0 Å². The van der Waals surface area contributed by atoms with Gasteiger partial charge in [-0.25, -0.2) is 9.78 Å². The Morgan fingerprint density at radius 1 is 0.977 bits per heavy atom. The van der Waals surface area contributed by atoms with Gasteiger partial charge in [-0.05, 0) is 72.0 Å². The van der Waals surface area contributed by atoms with E-state index in [1.165, 1.54) is 0 Å². The van der Waals surface area contributed by atoms with Gasteiger partial charge in [0, 0.05) is 42.2 Å². The average Bonchev–Trinajstić information content (AvgIpc) is 3.41. The number of halogens is 5. The third kappa shape index (κ3) is 6.24. The Morgan fingerprint density at radius 2 is 1.61 bits per heavy atom. The SMILES string of the molecule is CCOC(c1ccc(Cl)cc1)(c1ccc2c(c1)c(-c1cccc(Cl)c1C)cc(=O)n2C)c1cncn1C.O=C(O)C(F)(F)F. The Hall–Kier alpha value is -4.12. The summed E-state index contributed by atoms with van der Waals surface area (Å²) in [4.78, 5) is 26.3. The fourth-order valence-electron chi connectivity index (χ4n) is 5.10. The fraction of sp³-hybridized carbons (Fsp3) is 0.219. The first-order chi connectivity index (χ1) is 20.7. The molecular formula is C32H28Cl2F3N3O4. The normalized spacial score (nSPS) is 12.8. The zero-order valence-corrected chi connectivity index (χ0v) is 25.6. The van der Waals surface area contributed by atoms with E-state index >= 15 is 0 Å². The first-order valence-electron chi connectivity index (χ1n) is 13.3. The van der Waals surface area contributed by atoms with E-state index in [1.807, 2.05) is 86.3 Å². The number of carboxylic acids is 1. The third-order valence-electron chi connectivity index (χ3n) is 7.24. The number of benzene rings is 3. The lowest BCUT2D eigenvalue weighted by Gasteiger charge is -2.35. The van der Waals surface area contributed by atoms with Crippen molar-refractivity contribution in [2.24, 2.45) is 14.1 Å². The number of aromatic nitrogens is 3. The van der Waals surface area contributed by atoms with Crippen molar-refractivity contribution >= 4 is 40.1 Å². The average molecular weight is 646 g/mol. The van der Waals surface area contributed by atoms with Crippen molar-refractivity contribution < 1.29 is 27.8 Å². The molecular weight excluding hydrogens is 618 g/mol. The molecule has 0 saturated carbocycles. The minimum atomic E-state index is -5.08. The Kier molecular flexibility index (Phi) is 9.58. The van der Waals surface area contributed by atoms with Gasteiger partial charge >= 0.3 is 12.1 Å². The van der Waals surface area contributed by atoms with Gasteiger partial charge < -0.3 is 19.0 Å². The molecule has 5 aromatic rings. The van der Waals surface area contributed by atoms with Crippen LogP contribution in [0, 0.1) is 6.92 Å². The molecule has 7 nitrogen and oxygen atoms in total. The summed E-state index contributed by atoms with van der Waals surface area (Å²) in [6.45, 7) is 4.41. The second-order valence-electron chi connectivity index (χ2n) is 9.91. The van der Waals surface area contributed by atoms with Crippen molar-refractivity contribution in [3.63, 3.8) is 0 Å². The van der Waals surface area contributed by atoms with E-state index in [1.54, 1.807) is 24.0 Å². The molecule has 0 aliphatic carbocycles. The van der Waals surface area contributed by atoms with Crippen molar-refractivity contribution in [3.05, 3.63) is 122 Å². The number of ether oxygens (including phenoxy) is 1. The van der Waals surface area contributed by atoms with Crippen LogP contribution in [0.2, 0.25) is 10.0 Å². The van der Waals surface area contributed by atoms with Crippen LogP contribution in [-0.4, -0.2) is 38.0 Å². The molecule has 12 heteroatoms. The molecule has 5 rings (SSSR count). The summed E-state index contributed by atoms with van der Waals surface area (Å²) >= 11 is 12.8. The van der Waals surface area contributed by atoms with E-state index in [0.29, 0.717) is 16.7 Å². The van der Waals surface area contributed by atoms with Crippen LogP contribution in [0.25, 0.3) is 22.0 Å². The van der Waals surface area contributed by atoms with Crippen LogP contribution in [0.15, 0.2) is 84.0 Å². The molecule has 1 unspecified atom stereocenters. The molecule has 0 saturated heterocycles. The van der Waals surface area contributed by atoms with Crippen molar-refractivity contribution in [3.8, 4) is 11.1 Å². The molecule has 1 atom stereocenters. The van der Waals surface area contributed by atoms with Crippen LogP contribution < -0.4 is 5.56 Å². The maximum Gasteiger partial charge on any atom is 0.490 e. The molecule has 0 bridgehead atoms. The first kappa shape index (κ1) is 32.8. The van der Waals surface area contributed by atoms with Gasteiger partial charge in [-0.3, -0.25) is 4.79 Å². The number of hydrogen-bond donors (Lipinski definition) is 1. The van der Waals surface area contributed by atoms with E-state index in [0.717, 1.165) is 44.4 Å². The van der Waals surface area contributed by atoms with Crippen LogP contribution in [0.1, 0.15) is 29.3 Å². The first-order valence-corrected chi connectivity index (χ1v) is 14.0. The highest BCUT2D eigenvalue weighted by molar-refractivity contribution is 6.31. The highest BCUT2D eigenvalue weighted by Crippen LogP contribution is 2.43. The van der Waals surface area contributed by atoms with E-state index in [-0.39, 0.29) is 5.56 Å². The molecule has 1 N–H and O–H groups in total. The molecule has 3 aromatic carbocycles. The van der Waals surface area contributed by atoms with Crippen LogP contribution in [-0.2, 0) is 29.2 Å². The lowest BCUT2D eigenvalue weighted by atomic mass is 9.82. The summed E-state index contributed by atoms with van der Waals surface area (Å²) in [5.41, 5.74) is 5.14. The number of fused-ring (bicyclic) bond motifs is 1. The minimum Gasteiger partial charge on any atom is -0.475 e. The summed E-state index contributed by atoms with van der Waals surface area (Å²) in [6.07, 6.45) is -1.48. The monoisotopic (exact) mass is 645 g/mol. The number of nitrogens with zero attached hydrogens (tertiary/aromatic N) is 3. The Morgan fingerprint density at radius 3 is 2.18 bits per heavy atom. The summed E-state index contributed by atoms with van der Waals surface area (Å²) < 4.78 is 42.0. The number of aryl methyl sites for hydroxylation is 2. The molecule has 2 heterocycles. The van der Waals surface area contributed by atoms with Crippen LogP contribution >= 0.6 is 23.2 Å². The number of pyridine rings is 1. The van der Waals surface area contributed by atoms with Crippen molar-refractivity contribution in [1.82, 2.24) is 14.1 Å². The summed E-state index contributed by atoms with van der Waals surface area (Å²) in [5.74, 6) is -2.76. The van der Waals surface area contributed by atoms with Crippen molar-refractivity contribution in [2.75, 3.05) is 6.61 Å². The van der Waals surface area contributed by atoms with Crippen molar-refractivity contribution in [1.29, 1.82) is 0 Å². The van der Waals surface area contributed by atoms with Crippen molar-refractivity contribution in [2.45, 2.75) is 25.6 Å². The lowest BCUT2D eigenvalue weighted by Crippen LogP contribution is -2.35. The van der Waals surface area contributed by atoms with Gasteiger partial charge in [0.15, 0.2) is 5.60 Å². The fourth-order valence-corrected chi connectivity index (χ4v) is 5.40. The van der Waals surface area contributed by atoms with Gasteiger partial charge in [0.05, 0.1) is 23.7 Å². The maximum absolute atomic E-state index is 13.0. The summed E-state index contributed by atoms with van der Waals surface area (Å²) in [7, 11) is 3.74. The molecule has 0 aliphatic rings. The smallest absolute Gasteiger partial charge is 0.475 e. The number of carbonyl (C=O) groups is 1.